The van der Waals surface area contributed by atoms with Crippen molar-refractivity contribution in [2.24, 2.45) is 39.9 Å². The Morgan fingerprint density at radius 2 is 1.80 bits per heavy atom. The second kappa shape index (κ2) is 6.44. The van der Waals surface area contributed by atoms with Crippen LogP contribution in [0.1, 0.15) is 65.7 Å². The summed E-state index contributed by atoms with van der Waals surface area (Å²) in [5.74, 6) is 0.637. The zero-order valence-electron chi connectivity index (χ0n) is 18.3. The number of ether oxygens (including phenoxy) is 1. The molecule has 4 saturated carbocycles. The molecule has 5 aliphatic carbocycles. The van der Waals surface area contributed by atoms with E-state index in [-0.39, 0.29) is 53.4 Å². The Balaban J connectivity index is 1.49. The van der Waals surface area contributed by atoms with E-state index in [4.69, 9.17) is 4.74 Å². The van der Waals surface area contributed by atoms with Gasteiger partial charge in [0.15, 0.2) is 11.6 Å². The lowest BCUT2D eigenvalue weighted by molar-refractivity contribution is -0.138. The molecule has 0 amide bonds. The average Bonchev–Trinajstić information content (AvgIpc) is 3.06. The summed E-state index contributed by atoms with van der Waals surface area (Å²) in [6, 6.07) is 0. The molecular formula is C25H32O5. The third-order valence-electron chi connectivity index (χ3n) is 10.0. The zero-order valence-corrected chi connectivity index (χ0v) is 18.3. The molecule has 5 nitrogen and oxygen atoms in total. The molecule has 5 rings (SSSR count). The zero-order chi connectivity index (χ0) is 21.5. The predicted molar refractivity (Wildman–Crippen MR) is 110 cm³/mol. The van der Waals surface area contributed by atoms with Crippen LogP contribution in [0.25, 0.3) is 0 Å². The summed E-state index contributed by atoms with van der Waals surface area (Å²) >= 11 is 0. The summed E-state index contributed by atoms with van der Waals surface area (Å²) in [6.07, 6.45) is 7.39. The number of carbonyl (C=O) groups excluding carboxylic acids is 4. The van der Waals surface area contributed by atoms with Crippen LogP contribution in [0.3, 0.4) is 0 Å². The number of fused-ring (bicyclic) bond motifs is 6. The predicted octanol–water partition coefficient (Wildman–Crippen LogP) is 3.49. The Morgan fingerprint density at radius 3 is 2.47 bits per heavy atom. The topological polar surface area (TPSA) is 77.5 Å². The van der Waals surface area contributed by atoms with Crippen LogP contribution in [0.2, 0.25) is 0 Å². The van der Waals surface area contributed by atoms with Crippen LogP contribution in [0.4, 0.5) is 0 Å². The van der Waals surface area contributed by atoms with Gasteiger partial charge in [0.25, 0.3) is 0 Å². The molecule has 5 aliphatic rings. The van der Waals surface area contributed by atoms with E-state index in [1.807, 2.05) is 6.92 Å². The molecule has 6 atom stereocenters. The highest BCUT2D eigenvalue weighted by atomic mass is 16.5. The van der Waals surface area contributed by atoms with E-state index in [0.717, 1.165) is 44.1 Å². The van der Waals surface area contributed by atoms with E-state index < -0.39 is 10.8 Å². The highest BCUT2D eigenvalue weighted by molar-refractivity contribution is 6.64. The van der Waals surface area contributed by atoms with Crippen LogP contribution in [0.15, 0.2) is 11.6 Å². The van der Waals surface area contributed by atoms with Gasteiger partial charge in [-0.25, -0.2) is 0 Å². The second-order valence-corrected chi connectivity index (χ2v) is 10.8. The molecule has 0 unspecified atom stereocenters. The second-order valence-electron chi connectivity index (χ2n) is 10.8. The van der Waals surface area contributed by atoms with Gasteiger partial charge in [0.05, 0.1) is 0 Å². The quantitative estimate of drug-likeness (QED) is 0.522. The molecule has 0 bridgehead atoms. The van der Waals surface area contributed by atoms with Crippen molar-refractivity contribution in [1.82, 2.24) is 0 Å². The largest absolute Gasteiger partial charge is 0.374 e. The molecule has 0 aliphatic heterocycles. The van der Waals surface area contributed by atoms with Crippen molar-refractivity contribution in [3.8, 4) is 0 Å². The molecule has 162 valence electrons. The number of rotatable bonds is 4. The van der Waals surface area contributed by atoms with E-state index >= 15 is 0 Å². The van der Waals surface area contributed by atoms with Gasteiger partial charge in [-0.05, 0) is 74.7 Å². The highest BCUT2D eigenvalue weighted by Gasteiger charge is 2.79. The SMILES string of the molecule is CCOCC(=O)[C@H]1CC[C@H]2[C@@H]3CCC4=CC(=O)CC5(C(=O)C5=O)[C@]4(C)[C@H]3CC[C@]12C. The maximum atomic E-state index is 12.9. The van der Waals surface area contributed by atoms with Crippen LogP contribution in [0, 0.1) is 39.9 Å². The molecule has 30 heavy (non-hydrogen) atoms. The van der Waals surface area contributed by atoms with E-state index in [0.29, 0.717) is 18.4 Å². The third-order valence-corrected chi connectivity index (χ3v) is 10.0. The minimum absolute atomic E-state index is 0.0256. The lowest BCUT2D eigenvalue weighted by Crippen LogP contribution is -2.55. The Hall–Kier alpha value is -1.62. The Morgan fingerprint density at radius 1 is 1.07 bits per heavy atom. The first-order chi connectivity index (χ1) is 14.2. The van der Waals surface area contributed by atoms with Crippen molar-refractivity contribution < 1.29 is 23.9 Å². The van der Waals surface area contributed by atoms with E-state index in [9.17, 15) is 19.2 Å². The minimum Gasteiger partial charge on any atom is -0.374 e. The van der Waals surface area contributed by atoms with Crippen LogP contribution in [-0.2, 0) is 23.9 Å². The minimum atomic E-state index is -1.09. The average molecular weight is 413 g/mol. The van der Waals surface area contributed by atoms with Crippen molar-refractivity contribution in [2.75, 3.05) is 13.2 Å². The van der Waals surface area contributed by atoms with E-state index in [1.54, 1.807) is 6.08 Å². The Kier molecular flexibility index (Phi) is 4.36. The number of ketones is 4. The van der Waals surface area contributed by atoms with Crippen molar-refractivity contribution >= 4 is 23.1 Å². The monoisotopic (exact) mass is 412 g/mol. The van der Waals surface area contributed by atoms with Gasteiger partial charge >= 0.3 is 0 Å². The van der Waals surface area contributed by atoms with Gasteiger partial charge in [0.2, 0.25) is 11.6 Å². The number of hydrogen-bond acceptors (Lipinski definition) is 5. The summed E-state index contributed by atoms with van der Waals surface area (Å²) in [5.41, 5.74) is -0.604. The van der Waals surface area contributed by atoms with E-state index in [2.05, 4.69) is 13.8 Å². The van der Waals surface area contributed by atoms with Crippen LogP contribution in [-0.4, -0.2) is 36.3 Å². The Bertz CT molecular complexity index is 870. The summed E-state index contributed by atoms with van der Waals surface area (Å²) in [6.45, 7) is 7.06. The molecule has 0 aromatic carbocycles. The van der Waals surface area contributed by atoms with Gasteiger partial charge in [-0.3, -0.25) is 19.2 Å². The van der Waals surface area contributed by atoms with Crippen LogP contribution < -0.4 is 0 Å². The third kappa shape index (κ3) is 2.28. The van der Waals surface area contributed by atoms with Crippen LogP contribution >= 0.6 is 0 Å². The van der Waals surface area contributed by atoms with Crippen molar-refractivity contribution in [2.45, 2.75) is 65.7 Å². The number of hydrogen-bond donors (Lipinski definition) is 0. The first-order valence-electron chi connectivity index (χ1n) is 11.7. The maximum absolute atomic E-state index is 12.9. The fourth-order valence-electron chi connectivity index (χ4n) is 8.46. The molecule has 1 spiro atoms. The first kappa shape index (κ1) is 20.3. The summed E-state index contributed by atoms with van der Waals surface area (Å²) in [5, 5.41) is 0. The van der Waals surface area contributed by atoms with Crippen molar-refractivity contribution in [1.29, 1.82) is 0 Å². The smallest absolute Gasteiger partial charge is 0.214 e. The van der Waals surface area contributed by atoms with Gasteiger partial charge in [0, 0.05) is 24.4 Å². The molecule has 0 saturated heterocycles. The van der Waals surface area contributed by atoms with Gasteiger partial charge < -0.3 is 4.74 Å². The summed E-state index contributed by atoms with van der Waals surface area (Å²) in [7, 11) is 0. The van der Waals surface area contributed by atoms with Gasteiger partial charge in [-0.1, -0.05) is 19.4 Å². The fourth-order valence-corrected chi connectivity index (χ4v) is 8.46. The molecular weight excluding hydrogens is 380 g/mol. The van der Waals surface area contributed by atoms with Crippen molar-refractivity contribution in [3.05, 3.63) is 11.6 Å². The molecule has 0 aromatic rings. The fraction of sp³-hybridized carbons (Fsp3) is 0.760. The lowest BCUT2D eigenvalue weighted by Gasteiger charge is -2.59. The van der Waals surface area contributed by atoms with Crippen molar-refractivity contribution in [3.63, 3.8) is 0 Å². The van der Waals surface area contributed by atoms with E-state index in [1.165, 1.54) is 0 Å². The summed E-state index contributed by atoms with van der Waals surface area (Å²) in [4.78, 5) is 50.5. The molecule has 0 heterocycles. The first-order valence-corrected chi connectivity index (χ1v) is 11.7. The number of Topliss-reactive ketones (excluding diaryl/α,β-unsaturated/α-hetero) is 3. The van der Waals surface area contributed by atoms with Gasteiger partial charge in [0.1, 0.15) is 12.0 Å². The molecule has 0 N–H and O–H groups in total. The molecule has 4 fully saturated rings. The molecule has 0 aromatic heterocycles. The standard InChI is InChI=1S/C25H32O5/c1-4-30-13-20(27)19-8-7-17-16-6-5-14-11-15(26)12-25(21(28)22(25)29)24(14,3)18(16)9-10-23(17,19)2/h11,16-19H,4-10,12-13H2,1-3H3/t16-,17-,18-,19+,23-,24-/m0/s1. The normalized spacial score (nSPS) is 43.7. The highest BCUT2D eigenvalue weighted by Crippen LogP contribution is 2.73. The number of allylic oxidation sites excluding steroid dienone is 1. The summed E-state index contributed by atoms with van der Waals surface area (Å²) < 4.78 is 5.43. The number of carbonyl (C=O) groups is 4. The molecule has 5 heteroatoms. The molecule has 0 radical (unpaired) electrons. The Labute approximate surface area is 178 Å². The van der Waals surface area contributed by atoms with Gasteiger partial charge in [-0.2, -0.15) is 0 Å². The maximum Gasteiger partial charge on any atom is 0.214 e. The lowest BCUT2D eigenvalue weighted by atomic mass is 9.43. The van der Waals surface area contributed by atoms with Gasteiger partial charge in [-0.15, -0.1) is 0 Å². The van der Waals surface area contributed by atoms with Crippen LogP contribution in [0.5, 0.6) is 0 Å².